The summed E-state index contributed by atoms with van der Waals surface area (Å²) < 4.78 is 24.8. The molecule has 0 aromatic heterocycles. The summed E-state index contributed by atoms with van der Waals surface area (Å²) >= 11 is 0. The minimum Gasteiger partial charge on any atom is -0.330 e. The number of hydrogen-bond donors (Lipinski definition) is 1. The highest BCUT2D eigenvalue weighted by Gasteiger charge is 2.37. The average Bonchev–Trinajstić information content (AvgIpc) is 2.28. The molecule has 3 nitrogen and oxygen atoms in total. The fraction of sp³-hybridized carbons (Fsp3) is 1.00. The molecule has 1 aliphatic rings. The first kappa shape index (κ1) is 15.0. The second-order valence-corrected chi connectivity index (χ2v) is 8.06. The highest BCUT2D eigenvalue weighted by molar-refractivity contribution is 7.92. The van der Waals surface area contributed by atoms with Crippen molar-refractivity contribution in [2.24, 2.45) is 23.5 Å². The van der Waals surface area contributed by atoms with Gasteiger partial charge < -0.3 is 5.73 Å². The molecule has 0 aliphatic heterocycles. The second kappa shape index (κ2) is 6.19. The quantitative estimate of drug-likeness (QED) is 0.825. The summed E-state index contributed by atoms with van der Waals surface area (Å²) in [6.07, 6.45) is 3.83. The van der Waals surface area contributed by atoms with E-state index >= 15 is 0 Å². The first-order valence-corrected chi connectivity index (χ1v) is 8.53. The fourth-order valence-corrected chi connectivity index (χ4v) is 5.47. The molecule has 1 aliphatic carbocycles. The molecule has 0 amide bonds. The molecule has 1 saturated carbocycles. The van der Waals surface area contributed by atoms with Crippen molar-refractivity contribution < 1.29 is 8.42 Å². The molecule has 17 heavy (non-hydrogen) atoms. The van der Waals surface area contributed by atoms with Crippen molar-refractivity contribution in [1.29, 1.82) is 0 Å². The fourth-order valence-electron chi connectivity index (χ4n) is 2.74. The van der Waals surface area contributed by atoms with Crippen molar-refractivity contribution in [2.45, 2.75) is 51.7 Å². The lowest BCUT2D eigenvalue weighted by Crippen LogP contribution is -2.41. The summed E-state index contributed by atoms with van der Waals surface area (Å²) in [7, 11) is -2.97. The van der Waals surface area contributed by atoms with E-state index in [1.54, 1.807) is 0 Å². The van der Waals surface area contributed by atoms with E-state index < -0.39 is 9.84 Å². The molecule has 4 atom stereocenters. The largest absolute Gasteiger partial charge is 0.330 e. The van der Waals surface area contributed by atoms with E-state index in [9.17, 15) is 8.42 Å². The molecule has 1 fully saturated rings. The van der Waals surface area contributed by atoms with Gasteiger partial charge in [-0.2, -0.15) is 0 Å². The molecule has 0 aromatic carbocycles. The van der Waals surface area contributed by atoms with Gasteiger partial charge in [-0.15, -0.1) is 0 Å². The van der Waals surface area contributed by atoms with E-state index in [0.717, 1.165) is 25.7 Å². The average molecular weight is 261 g/mol. The molecular formula is C13H27NO2S. The normalized spacial score (nSPS) is 32.4. The molecule has 4 heteroatoms. The maximum Gasteiger partial charge on any atom is 0.153 e. The van der Waals surface area contributed by atoms with Crippen molar-refractivity contribution >= 4 is 9.84 Å². The Bertz CT molecular complexity index is 326. The van der Waals surface area contributed by atoms with Crippen molar-refractivity contribution in [3.63, 3.8) is 0 Å². The molecule has 102 valence electrons. The molecule has 0 bridgehead atoms. The molecule has 2 N–H and O–H groups in total. The third-order valence-corrected chi connectivity index (χ3v) is 6.70. The molecule has 0 radical (unpaired) electrons. The third kappa shape index (κ3) is 3.95. The van der Waals surface area contributed by atoms with Gasteiger partial charge >= 0.3 is 0 Å². The Morgan fingerprint density at radius 1 is 1.35 bits per heavy atom. The summed E-state index contributed by atoms with van der Waals surface area (Å²) in [5, 5.41) is -0.190. The first-order chi connectivity index (χ1) is 7.90. The molecule has 4 unspecified atom stereocenters. The van der Waals surface area contributed by atoms with Crippen LogP contribution in [0.4, 0.5) is 0 Å². The molecule has 1 rings (SSSR count). The maximum atomic E-state index is 12.4. The van der Waals surface area contributed by atoms with Crippen LogP contribution in [0.2, 0.25) is 0 Å². The zero-order valence-corrected chi connectivity index (χ0v) is 12.2. The Labute approximate surface area is 106 Å². The van der Waals surface area contributed by atoms with Crippen LogP contribution in [-0.4, -0.2) is 26.0 Å². The minimum atomic E-state index is -2.97. The first-order valence-electron chi connectivity index (χ1n) is 6.82. The summed E-state index contributed by atoms with van der Waals surface area (Å²) in [5.74, 6) is 1.29. The van der Waals surface area contributed by atoms with Crippen molar-refractivity contribution in [2.75, 3.05) is 12.3 Å². The lowest BCUT2D eigenvalue weighted by molar-refractivity contribution is 0.296. The highest BCUT2D eigenvalue weighted by atomic mass is 32.2. The Balaban J connectivity index is 2.79. The Hall–Kier alpha value is -0.0900. The van der Waals surface area contributed by atoms with E-state index in [1.165, 1.54) is 0 Å². The van der Waals surface area contributed by atoms with Gasteiger partial charge in [0.2, 0.25) is 0 Å². The monoisotopic (exact) mass is 261 g/mol. The van der Waals surface area contributed by atoms with Crippen LogP contribution >= 0.6 is 0 Å². The second-order valence-electron chi connectivity index (χ2n) is 5.80. The molecular weight excluding hydrogens is 234 g/mol. The summed E-state index contributed by atoms with van der Waals surface area (Å²) in [5.41, 5.74) is 5.73. The summed E-state index contributed by atoms with van der Waals surface area (Å²) in [6.45, 7) is 6.72. The predicted molar refractivity (Wildman–Crippen MR) is 72.6 cm³/mol. The van der Waals surface area contributed by atoms with E-state index in [0.29, 0.717) is 18.2 Å². The van der Waals surface area contributed by atoms with Crippen molar-refractivity contribution in [3.05, 3.63) is 0 Å². The lowest BCUT2D eigenvalue weighted by atomic mass is 9.82. The van der Waals surface area contributed by atoms with Crippen LogP contribution in [0.15, 0.2) is 0 Å². The topological polar surface area (TPSA) is 60.2 Å². The van der Waals surface area contributed by atoms with Crippen LogP contribution in [0.25, 0.3) is 0 Å². The Kier molecular flexibility index (Phi) is 5.45. The molecule has 0 spiro atoms. The van der Waals surface area contributed by atoms with E-state index in [-0.39, 0.29) is 17.1 Å². The van der Waals surface area contributed by atoms with Crippen LogP contribution in [0.5, 0.6) is 0 Å². The van der Waals surface area contributed by atoms with Gasteiger partial charge in [0, 0.05) is 0 Å². The third-order valence-electron chi connectivity index (χ3n) is 4.17. The van der Waals surface area contributed by atoms with Gasteiger partial charge in [-0.25, -0.2) is 8.42 Å². The highest BCUT2D eigenvalue weighted by Crippen LogP contribution is 2.33. The Morgan fingerprint density at radius 3 is 2.53 bits per heavy atom. The number of nitrogens with two attached hydrogens (primary N) is 1. The summed E-state index contributed by atoms with van der Waals surface area (Å²) in [6, 6.07) is 0. The maximum absolute atomic E-state index is 12.4. The smallest absolute Gasteiger partial charge is 0.153 e. The number of sulfone groups is 1. The van der Waals surface area contributed by atoms with E-state index in [2.05, 4.69) is 6.92 Å². The lowest BCUT2D eigenvalue weighted by Gasteiger charge is -2.34. The molecule has 0 saturated heterocycles. The van der Waals surface area contributed by atoms with E-state index in [4.69, 9.17) is 5.73 Å². The molecule has 0 heterocycles. The Morgan fingerprint density at radius 2 is 2.00 bits per heavy atom. The predicted octanol–water partition coefficient (Wildman–Crippen LogP) is 2.21. The van der Waals surface area contributed by atoms with Gasteiger partial charge in [0.15, 0.2) is 9.84 Å². The van der Waals surface area contributed by atoms with Gasteiger partial charge in [0.05, 0.1) is 11.0 Å². The summed E-state index contributed by atoms with van der Waals surface area (Å²) in [4.78, 5) is 0. The molecule has 0 aromatic rings. The van der Waals surface area contributed by atoms with Crippen LogP contribution in [-0.2, 0) is 9.84 Å². The zero-order chi connectivity index (χ0) is 13.1. The van der Waals surface area contributed by atoms with Crippen LogP contribution in [0.3, 0.4) is 0 Å². The zero-order valence-electron chi connectivity index (χ0n) is 11.4. The number of hydrogen-bond acceptors (Lipinski definition) is 3. The number of rotatable bonds is 5. The van der Waals surface area contributed by atoms with Gasteiger partial charge in [-0.1, -0.05) is 33.6 Å². The standard InChI is InChI=1S/C13H27NO2S/c1-4-10(2)9-17(15,16)13-7-11(3)5-6-12(13)8-14/h10-13H,4-9,14H2,1-3H3. The minimum absolute atomic E-state index is 0.181. The van der Waals surface area contributed by atoms with Crippen LogP contribution in [0.1, 0.15) is 46.5 Å². The van der Waals surface area contributed by atoms with Gasteiger partial charge in [-0.05, 0) is 37.1 Å². The van der Waals surface area contributed by atoms with Crippen LogP contribution < -0.4 is 5.73 Å². The van der Waals surface area contributed by atoms with Gasteiger partial charge in [0.25, 0.3) is 0 Å². The SMILES string of the molecule is CCC(C)CS(=O)(=O)C1CC(C)CCC1CN. The van der Waals surface area contributed by atoms with Crippen molar-refractivity contribution in [3.8, 4) is 0 Å². The van der Waals surface area contributed by atoms with Gasteiger partial charge in [-0.3, -0.25) is 0 Å². The van der Waals surface area contributed by atoms with Crippen molar-refractivity contribution in [1.82, 2.24) is 0 Å². The van der Waals surface area contributed by atoms with Crippen LogP contribution in [0, 0.1) is 17.8 Å². The van der Waals surface area contributed by atoms with E-state index in [1.807, 2.05) is 13.8 Å². The van der Waals surface area contributed by atoms with Gasteiger partial charge in [0.1, 0.15) is 0 Å².